The van der Waals surface area contributed by atoms with Gasteiger partial charge in [0.05, 0.1) is 15.7 Å². The molecule has 8 heteroatoms. The number of nitro groups is 1. The van der Waals surface area contributed by atoms with Crippen LogP contribution < -0.4 is 0 Å². The normalized spacial score (nSPS) is 16.9. The van der Waals surface area contributed by atoms with Crippen molar-refractivity contribution in [3.05, 3.63) is 33.9 Å². The molecule has 0 N–H and O–H groups in total. The number of hydrogen-bond donors (Lipinski definition) is 0. The maximum Gasteiger partial charge on any atom is 0.273 e. The van der Waals surface area contributed by atoms with E-state index in [4.69, 9.17) is 0 Å². The second-order valence-electron chi connectivity index (χ2n) is 3.92. The van der Waals surface area contributed by atoms with Crippen molar-refractivity contribution in [3.63, 3.8) is 0 Å². The molecule has 2 rings (SSSR count). The Morgan fingerprint density at radius 2 is 2.17 bits per heavy atom. The molecule has 98 valence electrons. The highest BCUT2D eigenvalue weighted by atomic mass is 32.2. The Kier molecular flexibility index (Phi) is 3.60. The van der Waals surface area contributed by atoms with Crippen molar-refractivity contribution in [3.8, 4) is 0 Å². The Hall–Kier alpha value is -1.12. The SMILES string of the molecule is Cc1ccc(S(=O)(=O)N2CCSC2)cc1[N+](=O)[O-]. The molecule has 0 amide bonds. The molecule has 1 heterocycles. The van der Waals surface area contributed by atoms with Crippen LogP contribution in [0.1, 0.15) is 5.56 Å². The summed E-state index contributed by atoms with van der Waals surface area (Å²) in [5.74, 6) is 1.16. The predicted molar refractivity (Wildman–Crippen MR) is 69.1 cm³/mol. The number of sulfonamides is 1. The number of benzene rings is 1. The van der Waals surface area contributed by atoms with Gasteiger partial charge in [-0.25, -0.2) is 8.42 Å². The van der Waals surface area contributed by atoms with Crippen LogP contribution >= 0.6 is 11.8 Å². The van der Waals surface area contributed by atoms with Crippen molar-refractivity contribution in [2.75, 3.05) is 18.2 Å². The lowest BCUT2D eigenvalue weighted by Crippen LogP contribution is -2.28. The van der Waals surface area contributed by atoms with Gasteiger partial charge in [0.2, 0.25) is 10.0 Å². The summed E-state index contributed by atoms with van der Waals surface area (Å²) in [6, 6.07) is 4.02. The number of aryl methyl sites for hydroxylation is 1. The maximum atomic E-state index is 12.2. The van der Waals surface area contributed by atoms with E-state index in [2.05, 4.69) is 0 Å². The fourth-order valence-corrected chi connectivity index (χ4v) is 4.52. The van der Waals surface area contributed by atoms with Crippen molar-refractivity contribution in [2.45, 2.75) is 11.8 Å². The van der Waals surface area contributed by atoms with Crippen LogP contribution in [0.5, 0.6) is 0 Å². The average Bonchev–Trinajstić information content (AvgIpc) is 2.82. The largest absolute Gasteiger partial charge is 0.273 e. The molecule has 6 nitrogen and oxygen atoms in total. The maximum absolute atomic E-state index is 12.2. The van der Waals surface area contributed by atoms with E-state index in [-0.39, 0.29) is 10.6 Å². The van der Waals surface area contributed by atoms with E-state index in [9.17, 15) is 18.5 Å². The van der Waals surface area contributed by atoms with E-state index in [0.717, 1.165) is 11.8 Å². The molecule has 1 aliphatic heterocycles. The molecule has 0 atom stereocenters. The minimum Gasteiger partial charge on any atom is -0.258 e. The number of nitro benzene ring substituents is 1. The molecule has 1 aliphatic rings. The first-order valence-corrected chi connectivity index (χ1v) is 7.85. The van der Waals surface area contributed by atoms with Crippen molar-refractivity contribution in [1.29, 1.82) is 0 Å². The van der Waals surface area contributed by atoms with Gasteiger partial charge in [-0.2, -0.15) is 4.31 Å². The highest BCUT2D eigenvalue weighted by Gasteiger charge is 2.29. The Balaban J connectivity index is 2.45. The minimum atomic E-state index is -3.60. The quantitative estimate of drug-likeness (QED) is 0.623. The lowest BCUT2D eigenvalue weighted by atomic mass is 10.2. The standard InChI is InChI=1S/C10H12N2O4S2/c1-8-2-3-9(6-10(8)12(13)14)18(15,16)11-4-5-17-7-11/h2-3,6H,4-5,7H2,1H3. The van der Waals surface area contributed by atoms with Crippen LogP contribution in [0.2, 0.25) is 0 Å². The van der Waals surface area contributed by atoms with E-state index in [0.29, 0.717) is 18.0 Å². The van der Waals surface area contributed by atoms with E-state index >= 15 is 0 Å². The number of hydrogen-bond acceptors (Lipinski definition) is 5. The molecule has 1 fully saturated rings. The monoisotopic (exact) mass is 288 g/mol. The van der Waals surface area contributed by atoms with Gasteiger partial charge in [-0.1, -0.05) is 6.07 Å². The van der Waals surface area contributed by atoms with Crippen LogP contribution in [-0.2, 0) is 10.0 Å². The van der Waals surface area contributed by atoms with Crippen molar-refractivity contribution in [1.82, 2.24) is 4.31 Å². The molecular weight excluding hydrogens is 276 g/mol. The second kappa shape index (κ2) is 4.87. The topological polar surface area (TPSA) is 80.5 Å². The summed E-state index contributed by atoms with van der Waals surface area (Å²) in [5.41, 5.74) is 0.290. The molecule has 1 aromatic rings. The molecule has 0 unspecified atom stereocenters. The summed E-state index contributed by atoms with van der Waals surface area (Å²) in [6.07, 6.45) is 0. The van der Waals surface area contributed by atoms with Gasteiger partial charge in [-0.15, -0.1) is 11.8 Å². The van der Waals surface area contributed by atoms with Crippen molar-refractivity contribution in [2.24, 2.45) is 0 Å². The van der Waals surface area contributed by atoms with Gasteiger partial charge in [-0.05, 0) is 13.0 Å². The first-order valence-electron chi connectivity index (χ1n) is 5.26. The predicted octanol–water partition coefficient (Wildman–Crippen LogP) is 1.60. The Bertz CT molecular complexity index is 580. The van der Waals surface area contributed by atoms with E-state index in [1.807, 2.05) is 0 Å². The lowest BCUT2D eigenvalue weighted by Gasteiger charge is -2.14. The van der Waals surface area contributed by atoms with Crippen LogP contribution in [0.25, 0.3) is 0 Å². The molecular formula is C10H12N2O4S2. The number of nitrogens with zero attached hydrogens (tertiary/aromatic N) is 2. The fraction of sp³-hybridized carbons (Fsp3) is 0.400. The highest BCUT2D eigenvalue weighted by Crippen LogP contribution is 2.27. The smallest absolute Gasteiger partial charge is 0.258 e. The molecule has 0 aliphatic carbocycles. The average molecular weight is 288 g/mol. The molecule has 0 radical (unpaired) electrons. The minimum absolute atomic E-state index is 0.0118. The van der Waals surface area contributed by atoms with Gasteiger partial charge in [0.15, 0.2) is 0 Å². The fourth-order valence-electron chi connectivity index (χ4n) is 1.68. The van der Waals surface area contributed by atoms with Crippen LogP contribution in [0, 0.1) is 17.0 Å². The first kappa shape index (κ1) is 13.3. The molecule has 1 aromatic carbocycles. The molecule has 0 bridgehead atoms. The number of rotatable bonds is 3. The van der Waals surface area contributed by atoms with Gasteiger partial charge < -0.3 is 0 Å². The third-order valence-corrected chi connectivity index (χ3v) is 5.71. The van der Waals surface area contributed by atoms with Crippen LogP contribution in [0.3, 0.4) is 0 Å². The van der Waals surface area contributed by atoms with Gasteiger partial charge >= 0.3 is 0 Å². The third kappa shape index (κ3) is 2.36. The Labute approximate surface area is 109 Å². The summed E-state index contributed by atoms with van der Waals surface area (Å²) in [5, 5.41) is 10.8. The van der Waals surface area contributed by atoms with Gasteiger partial charge in [0.1, 0.15) is 0 Å². The van der Waals surface area contributed by atoms with Crippen LogP contribution in [-0.4, -0.2) is 35.8 Å². The molecule has 0 spiro atoms. The molecule has 18 heavy (non-hydrogen) atoms. The second-order valence-corrected chi connectivity index (χ2v) is 6.94. The van der Waals surface area contributed by atoms with Gasteiger partial charge in [0.25, 0.3) is 5.69 Å². The Morgan fingerprint density at radius 3 is 2.72 bits per heavy atom. The zero-order chi connectivity index (χ0) is 13.3. The highest BCUT2D eigenvalue weighted by molar-refractivity contribution is 8.00. The van der Waals surface area contributed by atoms with Crippen LogP contribution in [0.15, 0.2) is 23.1 Å². The zero-order valence-corrected chi connectivity index (χ0v) is 11.3. The number of thioether (sulfide) groups is 1. The third-order valence-electron chi connectivity index (χ3n) is 2.74. The lowest BCUT2D eigenvalue weighted by molar-refractivity contribution is -0.385. The summed E-state index contributed by atoms with van der Waals surface area (Å²) in [4.78, 5) is 10.2. The summed E-state index contributed by atoms with van der Waals surface area (Å²) >= 11 is 1.53. The summed E-state index contributed by atoms with van der Waals surface area (Å²) < 4.78 is 25.8. The van der Waals surface area contributed by atoms with Crippen molar-refractivity contribution < 1.29 is 13.3 Å². The van der Waals surface area contributed by atoms with E-state index in [1.54, 1.807) is 6.92 Å². The summed E-state index contributed by atoms with van der Waals surface area (Å²) in [6.45, 7) is 2.04. The molecule has 0 aromatic heterocycles. The Morgan fingerprint density at radius 1 is 1.44 bits per heavy atom. The zero-order valence-electron chi connectivity index (χ0n) is 9.70. The van der Waals surface area contributed by atoms with E-state index in [1.165, 1.54) is 28.2 Å². The van der Waals surface area contributed by atoms with Gasteiger partial charge in [0, 0.05) is 23.9 Å². The summed E-state index contributed by atoms with van der Waals surface area (Å²) in [7, 11) is -3.60. The first-order chi connectivity index (χ1) is 8.43. The van der Waals surface area contributed by atoms with E-state index < -0.39 is 14.9 Å². The van der Waals surface area contributed by atoms with Crippen molar-refractivity contribution >= 4 is 27.5 Å². The molecule has 1 saturated heterocycles. The molecule has 0 saturated carbocycles. The van der Waals surface area contributed by atoms with Gasteiger partial charge in [-0.3, -0.25) is 10.1 Å². The van der Waals surface area contributed by atoms with Crippen LogP contribution in [0.4, 0.5) is 5.69 Å².